The summed E-state index contributed by atoms with van der Waals surface area (Å²) in [4.78, 5) is 0. The largest absolute Gasteiger partial charge is 2.00 e. The average molecular weight is 243 g/mol. The fourth-order valence-corrected chi connectivity index (χ4v) is 0. The Bertz CT molecular complexity index is 6.00. The van der Waals surface area contributed by atoms with Crippen LogP contribution in [0.4, 0.5) is 0 Å². The molecule has 0 heterocycles. The zero-order chi connectivity index (χ0) is 2.00. The number of rotatable bonds is 0. The Hall–Kier alpha value is 1.09. The maximum Gasteiger partial charge on any atom is 2.00 e. The van der Waals surface area contributed by atoms with Gasteiger partial charge in [0, 0.05) is 0 Å². The summed E-state index contributed by atoms with van der Waals surface area (Å²) in [6, 6.07) is 0. The molecular weight excluding hydrogens is 237 g/mol. The molecule has 2 heteroatoms. The van der Waals surface area contributed by atoms with Gasteiger partial charge in [-0.15, -0.1) is 0 Å². The Morgan fingerprint density at radius 2 is 1.25 bits per heavy atom. The summed E-state index contributed by atoms with van der Waals surface area (Å²) >= 11 is 3.28. The smallest absolute Gasteiger partial charge is 0.372 e. The summed E-state index contributed by atoms with van der Waals surface area (Å²) in [5, 5.41) is 0. The van der Waals surface area contributed by atoms with Gasteiger partial charge in [0.15, 0.2) is 0 Å². The Balaban J connectivity index is -0.00000000500. The van der Waals surface area contributed by atoms with Crippen LogP contribution in [0, 0.1) is 13.7 Å². The third kappa shape index (κ3) is 11.4. The van der Waals surface area contributed by atoms with E-state index in [1.54, 1.807) is 0 Å². The van der Waals surface area contributed by atoms with Crippen LogP contribution in [0.25, 0.3) is 0 Å². The zero-order valence-electron chi connectivity index (χ0n) is 2.60. The maximum absolute atomic E-state index is 3.28. The van der Waals surface area contributed by atoms with Gasteiger partial charge >= 0.3 is 22.4 Å². The molecule has 0 aromatic carbocycles. The molecule has 0 spiro atoms. The van der Waals surface area contributed by atoms with Crippen molar-refractivity contribution in [3.63, 3.8) is 0 Å². The summed E-state index contributed by atoms with van der Waals surface area (Å²) in [6.07, 6.45) is 2.94. The van der Waals surface area contributed by atoms with Crippen molar-refractivity contribution in [3.05, 3.63) is 13.7 Å². The molecule has 0 aromatic heterocycles. The van der Waals surface area contributed by atoms with Crippen molar-refractivity contribution < 1.29 is 22.4 Å². The van der Waals surface area contributed by atoms with Crippen molar-refractivity contribution in [1.82, 2.24) is 0 Å². The van der Waals surface area contributed by atoms with Gasteiger partial charge in [-0.05, 0) is 0 Å². The van der Waals surface area contributed by atoms with Crippen LogP contribution in [-0.2, 0) is 22.4 Å². The van der Waals surface area contributed by atoms with Gasteiger partial charge in [0.25, 0.3) is 0 Å². The molecule has 0 amide bonds. The molecule has 0 atom stereocenters. The first-order valence-electron chi connectivity index (χ1n) is 0.316. The topological polar surface area (TPSA) is 0 Å². The molecule has 0 nitrogen and oxygen atoms in total. The molecule has 0 aliphatic carbocycles. The molecule has 0 aliphatic heterocycles. The normalized spacial score (nSPS) is 1.50. The minimum atomic E-state index is 0. The fourth-order valence-electron chi connectivity index (χ4n) is 0. The van der Waals surface area contributed by atoms with Crippen LogP contribution in [-0.4, -0.2) is 0 Å². The molecule has 0 N–H and O–H groups in total. The van der Waals surface area contributed by atoms with E-state index < -0.39 is 0 Å². The second kappa shape index (κ2) is 32.9. The van der Waals surface area contributed by atoms with Gasteiger partial charge in [0.2, 0.25) is 0 Å². The van der Waals surface area contributed by atoms with E-state index in [1.165, 1.54) is 0 Å². The third-order valence-corrected chi connectivity index (χ3v) is 0. The van der Waals surface area contributed by atoms with Crippen molar-refractivity contribution in [3.8, 4) is 0 Å². The van der Waals surface area contributed by atoms with Gasteiger partial charge in [0.05, 0.1) is 0 Å². The summed E-state index contributed by atoms with van der Waals surface area (Å²) in [5.74, 6) is 0. The molecule has 0 rings (SSSR count). The molecule has 1 radical (unpaired) electrons. The Labute approximate surface area is 48.9 Å². The molecule has 0 fully saturated rings. The second-order valence-electron chi connectivity index (χ2n) is 0. The van der Waals surface area contributed by atoms with Crippen molar-refractivity contribution >= 4 is 12.6 Å². The van der Waals surface area contributed by atoms with Crippen LogP contribution >= 0.6 is 12.6 Å². The maximum atomic E-state index is 3.28. The quantitative estimate of drug-likeness (QED) is 0.479. The average Bonchev–Trinajstić information content (AvgIpc) is 1.00. The number of thiol groups is 1. The molecule has 0 saturated carbocycles. The zero-order valence-corrected chi connectivity index (χ0v) is 6.71. The van der Waals surface area contributed by atoms with E-state index in [0.29, 0.717) is 0 Å². The Morgan fingerprint density at radius 1 is 1.25 bits per heavy atom. The van der Waals surface area contributed by atoms with Gasteiger partial charge in [0.1, 0.15) is 0 Å². The fraction of sp³-hybridized carbons (Fsp3) is 0. The predicted octanol–water partition coefficient (Wildman–Crippen LogP) is 1.16. The molecule has 0 unspecified atom stereocenters. The summed E-state index contributed by atoms with van der Waals surface area (Å²) in [5.41, 5.74) is 0. The van der Waals surface area contributed by atoms with E-state index in [4.69, 9.17) is 0 Å². The predicted molar refractivity (Wildman–Crippen MR) is 20.8 cm³/mol. The van der Waals surface area contributed by atoms with Crippen molar-refractivity contribution in [2.24, 2.45) is 0 Å². The molecule has 0 bridgehead atoms. The van der Waals surface area contributed by atoms with E-state index >= 15 is 0 Å². The van der Waals surface area contributed by atoms with Crippen LogP contribution in [0.2, 0.25) is 0 Å². The molecule has 25 valence electrons. The van der Waals surface area contributed by atoms with Gasteiger partial charge in [-0.25, -0.2) is 0 Å². The Morgan fingerprint density at radius 3 is 1.25 bits per heavy atom. The SMILES string of the molecule is [CH2-]S.[CH3-].[Ta+2]. The van der Waals surface area contributed by atoms with E-state index in [1.807, 2.05) is 0 Å². The van der Waals surface area contributed by atoms with Crippen LogP contribution in [0.5, 0.6) is 0 Å². The van der Waals surface area contributed by atoms with Crippen LogP contribution in [0.15, 0.2) is 0 Å². The minimum Gasteiger partial charge on any atom is -0.372 e. The van der Waals surface area contributed by atoms with E-state index in [0.717, 1.165) is 0 Å². The monoisotopic (exact) mass is 243 g/mol. The molecule has 4 heavy (non-hydrogen) atoms. The van der Waals surface area contributed by atoms with Gasteiger partial charge in [-0.1, -0.05) is 0 Å². The Kier molecular flexibility index (Phi) is 160. The number of hydrogen-bond acceptors (Lipinski definition) is 1. The molecule has 0 aromatic rings. The summed E-state index contributed by atoms with van der Waals surface area (Å²) in [6.45, 7) is 0. The number of hydrogen-bond donors (Lipinski definition) is 1. The summed E-state index contributed by atoms with van der Waals surface area (Å²) in [7, 11) is 0. The molecule has 0 aliphatic rings. The minimum absolute atomic E-state index is 0. The summed E-state index contributed by atoms with van der Waals surface area (Å²) < 4.78 is 0. The van der Waals surface area contributed by atoms with E-state index in [9.17, 15) is 0 Å². The standard InChI is InChI=1S/CH3S.CH3.Ta/c1-2;;/h2H,1H2;1H3;/q2*-1;+2. The first-order valence-corrected chi connectivity index (χ1v) is 0.949. The van der Waals surface area contributed by atoms with Gasteiger partial charge in [-0.3, -0.25) is 6.26 Å². The van der Waals surface area contributed by atoms with E-state index in [-0.39, 0.29) is 29.8 Å². The van der Waals surface area contributed by atoms with Crippen LogP contribution < -0.4 is 0 Å². The first kappa shape index (κ1) is 19.5. The van der Waals surface area contributed by atoms with Gasteiger partial charge in [-0.2, -0.15) is 0 Å². The molecular formula is C2H6STa. The molecule has 0 saturated heterocycles. The van der Waals surface area contributed by atoms with Gasteiger partial charge < -0.3 is 20.1 Å². The van der Waals surface area contributed by atoms with Crippen LogP contribution in [0.3, 0.4) is 0 Å². The van der Waals surface area contributed by atoms with Crippen molar-refractivity contribution in [1.29, 1.82) is 0 Å². The first-order chi connectivity index (χ1) is 1.00. The third-order valence-electron chi connectivity index (χ3n) is 0. The van der Waals surface area contributed by atoms with E-state index in [2.05, 4.69) is 18.9 Å². The van der Waals surface area contributed by atoms with Crippen molar-refractivity contribution in [2.75, 3.05) is 0 Å². The van der Waals surface area contributed by atoms with Crippen molar-refractivity contribution in [2.45, 2.75) is 0 Å². The van der Waals surface area contributed by atoms with Crippen LogP contribution in [0.1, 0.15) is 0 Å². The second-order valence-corrected chi connectivity index (χ2v) is 0.